The Morgan fingerprint density at radius 2 is 0.855 bits per heavy atom. The Morgan fingerprint density at radius 1 is 0.371 bits per heavy atom. The van der Waals surface area contributed by atoms with E-state index in [1.807, 2.05) is 0 Å². The van der Waals surface area contributed by atoms with Crippen molar-refractivity contribution in [3.8, 4) is 33.4 Å². The lowest BCUT2D eigenvalue weighted by molar-refractivity contribution is 0.753. The van der Waals surface area contributed by atoms with Gasteiger partial charge in [-0.15, -0.1) is 5.70 Å². The normalized spacial score (nSPS) is 15.4. The summed E-state index contributed by atoms with van der Waals surface area (Å²) in [7, 11) is 0. The maximum absolute atomic E-state index is 5.38. The SMILES string of the molecule is C1=C(c2ccccc2)C=C(c2ccc(-c3ccc4c(c3)C3(c5ccccc5-4)c4ccccc4N(c4ccccc4)c4ccccc43)cc2)[N-]C1c1ccc(-c2ccccc2)cc1. The summed E-state index contributed by atoms with van der Waals surface area (Å²) in [6.07, 6.45) is 4.54. The zero-order valence-electron chi connectivity index (χ0n) is 34.1. The molecule has 2 heteroatoms. The molecule has 0 N–H and O–H groups in total. The van der Waals surface area contributed by atoms with Gasteiger partial charge in [-0.3, -0.25) is 0 Å². The molecule has 9 aromatic carbocycles. The van der Waals surface area contributed by atoms with E-state index >= 15 is 0 Å². The molecule has 2 nitrogen and oxygen atoms in total. The molecule has 1 aliphatic carbocycles. The summed E-state index contributed by atoms with van der Waals surface area (Å²) in [5, 5.41) is 5.38. The van der Waals surface area contributed by atoms with E-state index in [4.69, 9.17) is 5.32 Å². The standard InChI is InChI=1S/C60H41N2/c1-4-16-41(17-5-1)43-28-32-45(33-29-43)56-39-48(42-18-6-2-7-19-42)40-57(61-56)46-34-30-44(31-35-46)47-36-37-51-50-22-10-11-23-52(50)60(55(51)38-47)53-24-12-14-26-58(53)62(49-20-8-3-9-21-49)59-27-15-13-25-54(59)60/h1-40,56H/q-1. The average molecular weight is 790 g/mol. The fourth-order valence-electron chi connectivity index (χ4n) is 10.2. The highest BCUT2D eigenvalue weighted by molar-refractivity contribution is 5.97. The van der Waals surface area contributed by atoms with E-state index in [9.17, 15) is 0 Å². The second-order valence-electron chi connectivity index (χ2n) is 16.4. The van der Waals surface area contributed by atoms with Crippen molar-refractivity contribution >= 4 is 28.3 Å². The van der Waals surface area contributed by atoms with Crippen LogP contribution in [0.25, 0.3) is 50.0 Å². The molecule has 0 amide bonds. The first-order valence-electron chi connectivity index (χ1n) is 21.5. The summed E-state index contributed by atoms with van der Waals surface area (Å²) in [6.45, 7) is 0. The largest absolute Gasteiger partial charge is 0.674 e. The summed E-state index contributed by atoms with van der Waals surface area (Å²) >= 11 is 0. The van der Waals surface area contributed by atoms with Crippen molar-refractivity contribution in [2.75, 3.05) is 4.90 Å². The van der Waals surface area contributed by atoms with Crippen LogP contribution in [0.2, 0.25) is 0 Å². The number of allylic oxidation sites excluding steroid dienone is 2. The predicted octanol–water partition coefficient (Wildman–Crippen LogP) is 15.7. The van der Waals surface area contributed by atoms with Gasteiger partial charge in [0.2, 0.25) is 0 Å². The highest BCUT2D eigenvalue weighted by Crippen LogP contribution is 2.63. The molecule has 9 aromatic rings. The van der Waals surface area contributed by atoms with E-state index in [0.29, 0.717) is 0 Å². The highest BCUT2D eigenvalue weighted by Gasteiger charge is 2.51. The van der Waals surface area contributed by atoms with Gasteiger partial charge in [-0.05, 0) is 103 Å². The summed E-state index contributed by atoms with van der Waals surface area (Å²) in [4.78, 5) is 2.44. The number of benzene rings is 9. The minimum atomic E-state index is -0.499. The monoisotopic (exact) mass is 789 g/mol. The predicted molar refractivity (Wildman–Crippen MR) is 258 cm³/mol. The topological polar surface area (TPSA) is 17.3 Å². The first-order valence-corrected chi connectivity index (χ1v) is 21.5. The van der Waals surface area contributed by atoms with Crippen LogP contribution < -0.4 is 4.90 Å². The first kappa shape index (κ1) is 36.0. The van der Waals surface area contributed by atoms with Crippen molar-refractivity contribution < 1.29 is 0 Å². The Morgan fingerprint density at radius 3 is 1.53 bits per heavy atom. The fourth-order valence-corrected chi connectivity index (χ4v) is 10.2. The number of para-hydroxylation sites is 3. The van der Waals surface area contributed by atoms with Crippen molar-refractivity contribution in [1.82, 2.24) is 0 Å². The number of anilines is 3. The quantitative estimate of drug-likeness (QED) is 0.164. The number of rotatable bonds is 6. The van der Waals surface area contributed by atoms with Crippen LogP contribution in [0.5, 0.6) is 0 Å². The molecule has 3 aliphatic rings. The summed E-state index contributed by atoms with van der Waals surface area (Å²) in [6, 6.07) is 84.0. The molecule has 2 aliphatic heterocycles. The van der Waals surface area contributed by atoms with Crippen molar-refractivity contribution in [3.05, 3.63) is 287 Å². The van der Waals surface area contributed by atoms with Gasteiger partial charge in [0.25, 0.3) is 0 Å². The summed E-state index contributed by atoms with van der Waals surface area (Å²) in [5.41, 5.74) is 21.3. The van der Waals surface area contributed by atoms with Crippen LogP contribution in [-0.2, 0) is 5.41 Å². The molecule has 12 rings (SSSR count). The third-order valence-corrected chi connectivity index (χ3v) is 13.0. The molecule has 0 radical (unpaired) electrons. The van der Waals surface area contributed by atoms with Crippen LogP contribution >= 0.6 is 0 Å². The zero-order chi connectivity index (χ0) is 41.0. The maximum Gasteiger partial charge on any atom is 0.0754 e. The molecule has 0 saturated heterocycles. The Labute approximate surface area is 363 Å². The van der Waals surface area contributed by atoms with Gasteiger partial charge in [0.05, 0.1) is 16.8 Å². The van der Waals surface area contributed by atoms with Gasteiger partial charge < -0.3 is 10.2 Å². The molecule has 62 heavy (non-hydrogen) atoms. The zero-order valence-corrected chi connectivity index (χ0v) is 34.1. The Kier molecular flexibility index (Phi) is 8.50. The van der Waals surface area contributed by atoms with Crippen LogP contribution in [0.3, 0.4) is 0 Å². The summed E-state index contributed by atoms with van der Waals surface area (Å²) in [5.74, 6) is 0. The van der Waals surface area contributed by atoms with Crippen LogP contribution in [-0.4, -0.2) is 0 Å². The smallest absolute Gasteiger partial charge is 0.0754 e. The fraction of sp³-hybridized carbons (Fsp3) is 0.0333. The van der Waals surface area contributed by atoms with Crippen LogP contribution in [0.15, 0.2) is 243 Å². The molecule has 0 fully saturated rings. The first-order chi connectivity index (χ1) is 30.7. The van der Waals surface area contributed by atoms with Crippen LogP contribution in [0, 0.1) is 0 Å². The molecular formula is C60H41N2-. The van der Waals surface area contributed by atoms with Crippen molar-refractivity contribution in [2.45, 2.75) is 11.5 Å². The van der Waals surface area contributed by atoms with Crippen molar-refractivity contribution in [2.24, 2.45) is 0 Å². The van der Waals surface area contributed by atoms with Gasteiger partial charge in [0.1, 0.15) is 0 Å². The lowest BCUT2D eigenvalue weighted by Gasteiger charge is -2.45. The lowest BCUT2D eigenvalue weighted by atomic mass is 9.64. The van der Waals surface area contributed by atoms with Gasteiger partial charge in [-0.2, -0.15) is 0 Å². The molecule has 0 bridgehead atoms. The third-order valence-electron chi connectivity index (χ3n) is 13.0. The Hall–Kier alpha value is -7.94. The average Bonchev–Trinajstić information content (AvgIpc) is 3.65. The third kappa shape index (κ3) is 5.72. The maximum atomic E-state index is 5.38. The van der Waals surface area contributed by atoms with Gasteiger partial charge in [-0.1, -0.05) is 224 Å². The molecule has 1 unspecified atom stereocenters. The molecule has 0 saturated carbocycles. The molecule has 1 atom stereocenters. The Bertz CT molecular complexity index is 3130. The number of fused-ring (bicyclic) bond motifs is 9. The van der Waals surface area contributed by atoms with Gasteiger partial charge >= 0.3 is 0 Å². The second-order valence-corrected chi connectivity index (χ2v) is 16.4. The summed E-state index contributed by atoms with van der Waals surface area (Å²) < 4.78 is 0. The van der Waals surface area contributed by atoms with E-state index < -0.39 is 5.41 Å². The van der Waals surface area contributed by atoms with Gasteiger partial charge in [0.15, 0.2) is 0 Å². The Balaban J connectivity index is 0.942. The molecule has 1 spiro atoms. The number of hydrogen-bond donors (Lipinski definition) is 0. The molecule has 0 aromatic heterocycles. The minimum absolute atomic E-state index is 0.108. The van der Waals surface area contributed by atoms with E-state index in [2.05, 4.69) is 248 Å². The lowest BCUT2D eigenvalue weighted by Crippen LogP contribution is -2.36. The molecule has 2 heterocycles. The number of nitrogens with zero attached hydrogens (tertiary/aromatic N) is 2. The van der Waals surface area contributed by atoms with E-state index in [1.165, 1.54) is 83.7 Å². The number of hydrogen-bond acceptors (Lipinski definition) is 1. The van der Waals surface area contributed by atoms with Gasteiger partial charge in [0, 0.05) is 5.69 Å². The van der Waals surface area contributed by atoms with E-state index in [-0.39, 0.29) is 6.04 Å². The van der Waals surface area contributed by atoms with Crippen LogP contribution in [0.1, 0.15) is 45.0 Å². The van der Waals surface area contributed by atoms with E-state index in [0.717, 1.165) is 16.9 Å². The molecular weight excluding hydrogens is 749 g/mol. The van der Waals surface area contributed by atoms with E-state index in [1.54, 1.807) is 0 Å². The van der Waals surface area contributed by atoms with Gasteiger partial charge in [-0.25, -0.2) is 0 Å². The minimum Gasteiger partial charge on any atom is -0.674 e. The second kappa shape index (κ2) is 14.7. The van der Waals surface area contributed by atoms with Crippen molar-refractivity contribution in [3.63, 3.8) is 0 Å². The highest BCUT2D eigenvalue weighted by atomic mass is 15.2. The van der Waals surface area contributed by atoms with Crippen LogP contribution in [0.4, 0.5) is 17.1 Å². The van der Waals surface area contributed by atoms with Crippen molar-refractivity contribution in [1.29, 1.82) is 0 Å². The molecule has 292 valence electrons.